The molecule has 0 saturated heterocycles. The summed E-state index contributed by atoms with van der Waals surface area (Å²) in [6, 6.07) is 17.4. The molecule has 2 rings (SSSR count). The van der Waals surface area contributed by atoms with Crippen LogP contribution >= 0.6 is 0 Å². The number of hydrazine groups is 1. The van der Waals surface area contributed by atoms with E-state index < -0.39 is 24.5 Å². The van der Waals surface area contributed by atoms with Gasteiger partial charge in [0, 0.05) is 13.0 Å². The molecule has 0 saturated carbocycles. The highest BCUT2D eigenvalue weighted by Crippen LogP contribution is 2.14. The van der Waals surface area contributed by atoms with Gasteiger partial charge in [0.25, 0.3) is 0 Å². The maximum atomic E-state index is 13.0. The van der Waals surface area contributed by atoms with E-state index in [4.69, 9.17) is 0 Å². The number of rotatable bonds is 11. The van der Waals surface area contributed by atoms with Crippen LogP contribution in [0.15, 0.2) is 60.7 Å². The summed E-state index contributed by atoms with van der Waals surface area (Å²) in [6.07, 6.45) is 1.63. The largest absolute Gasteiger partial charge is 0.388 e. The maximum Gasteiger partial charge on any atom is 0.333 e. The zero-order valence-corrected chi connectivity index (χ0v) is 18.8. The molecule has 0 aliphatic heterocycles. The van der Waals surface area contributed by atoms with Crippen molar-refractivity contribution in [3.63, 3.8) is 0 Å². The van der Waals surface area contributed by atoms with Crippen molar-refractivity contribution in [1.29, 1.82) is 0 Å². The summed E-state index contributed by atoms with van der Waals surface area (Å²) >= 11 is 0. The zero-order valence-electron chi connectivity index (χ0n) is 18.8. The van der Waals surface area contributed by atoms with Gasteiger partial charge in [0.05, 0.1) is 0 Å². The van der Waals surface area contributed by atoms with Gasteiger partial charge in [0.2, 0.25) is 5.91 Å². The first-order valence-corrected chi connectivity index (χ1v) is 11.0. The number of aliphatic hydroxyl groups excluding tert-OH is 1. The number of aliphatic hydroxyl groups is 1. The minimum Gasteiger partial charge on any atom is -0.388 e. The maximum absolute atomic E-state index is 13.0. The molecule has 0 unspecified atom stereocenters. The molecule has 0 fully saturated rings. The molecule has 7 heteroatoms. The Kier molecular flexibility index (Phi) is 10.4. The number of ketones is 1. The second-order valence-corrected chi connectivity index (χ2v) is 8.14. The molecule has 7 nitrogen and oxygen atoms in total. The van der Waals surface area contributed by atoms with Crippen LogP contribution in [0.2, 0.25) is 0 Å². The third-order valence-electron chi connectivity index (χ3n) is 5.11. The molecule has 3 amide bonds. The fourth-order valence-electron chi connectivity index (χ4n) is 3.26. The summed E-state index contributed by atoms with van der Waals surface area (Å²) in [5.74, 6) is -0.570. The van der Waals surface area contributed by atoms with Crippen LogP contribution in [0.1, 0.15) is 44.2 Å². The lowest BCUT2D eigenvalue weighted by molar-refractivity contribution is -0.143. The third-order valence-corrected chi connectivity index (χ3v) is 5.11. The Balaban J connectivity index is 2.13. The fourth-order valence-corrected chi connectivity index (χ4v) is 3.26. The minimum absolute atomic E-state index is 0.192. The molecule has 2 aromatic rings. The highest BCUT2D eigenvalue weighted by molar-refractivity contribution is 5.91. The second-order valence-electron chi connectivity index (χ2n) is 8.14. The van der Waals surface area contributed by atoms with Gasteiger partial charge in [-0.15, -0.1) is 0 Å². The Morgan fingerprint density at radius 1 is 0.906 bits per heavy atom. The Morgan fingerprint density at radius 3 is 2.06 bits per heavy atom. The highest BCUT2D eigenvalue weighted by atomic mass is 16.3. The van der Waals surface area contributed by atoms with Gasteiger partial charge in [-0.25, -0.2) is 15.2 Å². The van der Waals surface area contributed by atoms with Gasteiger partial charge >= 0.3 is 6.03 Å². The van der Waals surface area contributed by atoms with E-state index in [1.807, 2.05) is 74.5 Å². The molecule has 3 N–H and O–H groups in total. The van der Waals surface area contributed by atoms with Gasteiger partial charge in [0.15, 0.2) is 5.78 Å². The number of aryl methyl sites for hydroxylation is 1. The quantitative estimate of drug-likeness (QED) is 0.468. The first kappa shape index (κ1) is 25.1. The molecular weight excluding hydrogens is 406 g/mol. The predicted octanol–water partition coefficient (Wildman–Crippen LogP) is 3.23. The SMILES string of the molecule is CC(C)CCC(=O)N(NC(=O)NCc1ccccc1)[C@@H](CCc1ccccc1)C(=O)CO. The summed E-state index contributed by atoms with van der Waals surface area (Å²) in [6.45, 7) is 3.58. The second kappa shape index (κ2) is 13.3. The Bertz CT molecular complexity index is 856. The number of nitrogens with zero attached hydrogens (tertiary/aromatic N) is 1. The number of hydrogen-bond acceptors (Lipinski definition) is 4. The average molecular weight is 440 g/mol. The molecule has 32 heavy (non-hydrogen) atoms. The van der Waals surface area contributed by atoms with Gasteiger partial charge in [-0.2, -0.15) is 0 Å². The smallest absolute Gasteiger partial charge is 0.333 e. The summed E-state index contributed by atoms with van der Waals surface area (Å²) in [7, 11) is 0. The van der Waals surface area contributed by atoms with Crippen molar-refractivity contribution in [3.05, 3.63) is 71.8 Å². The van der Waals surface area contributed by atoms with Crippen molar-refractivity contribution < 1.29 is 19.5 Å². The van der Waals surface area contributed by atoms with Crippen molar-refractivity contribution in [2.45, 2.75) is 52.1 Å². The number of nitrogens with one attached hydrogen (secondary N) is 2. The van der Waals surface area contributed by atoms with Crippen LogP contribution in [0.3, 0.4) is 0 Å². The van der Waals surface area contributed by atoms with Gasteiger partial charge in [0.1, 0.15) is 12.6 Å². The number of amides is 3. The molecule has 0 heterocycles. The molecule has 0 radical (unpaired) electrons. The molecule has 1 atom stereocenters. The first-order chi connectivity index (χ1) is 15.4. The molecule has 2 aromatic carbocycles. The minimum atomic E-state index is -0.956. The fraction of sp³-hybridized carbons (Fsp3) is 0.400. The predicted molar refractivity (Wildman–Crippen MR) is 123 cm³/mol. The van der Waals surface area contributed by atoms with Crippen molar-refractivity contribution in [2.75, 3.05) is 6.61 Å². The van der Waals surface area contributed by atoms with Crippen LogP contribution in [0.5, 0.6) is 0 Å². The third kappa shape index (κ3) is 8.51. The lowest BCUT2D eigenvalue weighted by Gasteiger charge is -2.31. The number of urea groups is 1. The van der Waals surface area contributed by atoms with E-state index >= 15 is 0 Å². The number of benzene rings is 2. The van der Waals surface area contributed by atoms with E-state index in [-0.39, 0.29) is 25.3 Å². The number of carbonyl (C=O) groups excluding carboxylic acids is 3. The number of carbonyl (C=O) groups is 3. The van der Waals surface area contributed by atoms with Gasteiger partial charge < -0.3 is 10.4 Å². The van der Waals surface area contributed by atoms with Crippen LogP contribution in [-0.2, 0) is 22.6 Å². The van der Waals surface area contributed by atoms with Crippen LogP contribution in [0.25, 0.3) is 0 Å². The van der Waals surface area contributed by atoms with E-state index in [2.05, 4.69) is 10.7 Å². The summed E-state index contributed by atoms with van der Waals surface area (Å²) in [5, 5.41) is 13.3. The standard InChI is InChI=1S/C25H33N3O4/c1-19(2)13-16-24(31)28(27-25(32)26-17-21-11-7-4-8-12-21)22(23(30)18-29)15-14-20-9-5-3-6-10-20/h3-12,19,22,29H,13-18H2,1-2H3,(H2,26,27,32)/t22-/m0/s1. The van der Waals surface area contributed by atoms with Crippen LogP contribution < -0.4 is 10.7 Å². The monoisotopic (exact) mass is 439 g/mol. The molecule has 0 aromatic heterocycles. The van der Waals surface area contributed by atoms with E-state index in [9.17, 15) is 19.5 Å². The molecule has 0 bridgehead atoms. The topological polar surface area (TPSA) is 98.7 Å². The van der Waals surface area contributed by atoms with Crippen LogP contribution in [0.4, 0.5) is 4.79 Å². The molecule has 0 aliphatic carbocycles. The highest BCUT2D eigenvalue weighted by Gasteiger charge is 2.30. The lowest BCUT2D eigenvalue weighted by atomic mass is 10.0. The van der Waals surface area contributed by atoms with Crippen molar-refractivity contribution >= 4 is 17.7 Å². The molecule has 0 aliphatic rings. The number of Topliss-reactive ketones (excluding diaryl/α,β-unsaturated/α-hetero) is 1. The first-order valence-electron chi connectivity index (χ1n) is 11.0. The van der Waals surface area contributed by atoms with Crippen molar-refractivity contribution in [1.82, 2.24) is 15.8 Å². The van der Waals surface area contributed by atoms with Crippen LogP contribution in [0, 0.1) is 5.92 Å². The summed E-state index contributed by atoms with van der Waals surface area (Å²) in [4.78, 5) is 38.1. The van der Waals surface area contributed by atoms with Gasteiger partial charge in [-0.3, -0.25) is 9.59 Å². The Hall–Kier alpha value is -3.19. The van der Waals surface area contributed by atoms with E-state index in [1.165, 1.54) is 0 Å². The zero-order chi connectivity index (χ0) is 23.3. The molecular formula is C25H33N3O4. The van der Waals surface area contributed by atoms with E-state index in [1.54, 1.807) is 0 Å². The van der Waals surface area contributed by atoms with Crippen LogP contribution in [-0.4, -0.2) is 40.5 Å². The van der Waals surface area contributed by atoms with E-state index in [0.717, 1.165) is 16.1 Å². The Morgan fingerprint density at radius 2 is 1.50 bits per heavy atom. The average Bonchev–Trinajstić information content (AvgIpc) is 2.81. The van der Waals surface area contributed by atoms with Gasteiger partial charge in [-0.1, -0.05) is 74.5 Å². The summed E-state index contributed by atoms with van der Waals surface area (Å²) < 4.78 is 0. The number of hydrogen-bond donors (Lipinski definition) is 3. The molecule has 0 spiro atoms. The normalized spacial score (nSPS) is 11.6. The molecule has 172 valence electrons. The lowest BCUT2D eigenvalue weighted by Crippen LogP contribution is -2.57. The summed E-state index contributed by atoms with van der Waals surface area (Å²) in [5.41, 5.74) is 4.48. The van der Waals surface area contributed by atoms with Crippen molar-refractivity contribution in [3.8, 4) is 0 Å². The van der Waals surface area contributed by atoms with Crippen molar-refractivity contribution in [2.24, 2.45) is 5.92 Å². The Labute approximate surface area is 189 Å². The van der Waals surface area contributed by atoms with E-state index in [0.29, 0.717) is 18.8 Å². The van der Waals surface area contributed by atoms with Gasteiger partial charge in [-0.05, 0) is 36.3 Å².